The summed E-state index contributed by atoms with van der Waals surface area (Å²) in [6.45, 7) is 2.38. The van der Waals surface area contributed by atoms with Gasteiger partial charge in [-0.2, -0.15) is 0 Å². The van der Waals surface area contributed by atoms with Crippen molar-refractivity contribution in [1.29, 1.82) is 0 Å². The van der Waals surface area contributed by atoms with Gasteiger partial charge in [-0.05, 0) is 19.1 Å². The van der Waals surface area contributed by atoms with Crippen LogP contribution in [0.4, 0.5) is 0 Å². The lowest BCUT2D eigenvalue weighted by Gasteiger charge is -2.10. The van der Waals surface area contributed by atoms with Crippen LogP contribution in [0.5, 0.6) is 23.1 Å². The summed E-state index contributed by atoms with van der Waals surface area (Å²) in [6, 6.07) is 8.34. The van der Waals surface area contributed by atoms with Crippen LogP contribution >= 0.6 is 11.6 Å². The second-order valence-corrected chi connectivity index (χ2v) is 3.73. The number of ether oxygens (including phenoxy) is 2. The van der Waals surface area contributed by atoms with Crippen molar-refractivity contribution < 1.29 is 14.6 Å². The minimum absolute atomic E-state index is 0.0217. The lowest BCUT2D eigenvalue weighted by molar-refractivity contribution is 0.314. The predicted molar refractivity (Wildman–Crippen MR) is 66.4 cm³/mol. The Labute approximate surface area is 109 Å². The number of halogens is 1. The van der Waals surface area contributed by atoms with E-state index in [0.29, 0.717) is 18.1 Å². The van der Waals surface area contributed by atoms with Crippen LogP contribution in [0.1, 0.15) is 6.92 Å². The number of aromatic hydroxyl groups is 1. The van der Waals surface area contributed by atoms with Gasteiger partial charge in [0.1, 0.15) is 0 Å². The van der Waals surface area contributed by atoms with E-state index < -0.39 is 0 Å². The van der Waals surface area contributed by atoms with Crippen molar-refractivity contribution in [3.05, 3.63) is 35.5 Å². The van der Waals surface area contributed by atoms with Gasteiger partial charge in [-0.1, -0.05) is 23.7 Å². The van der Waals surface area contributed by atoms with E-state index in [0.717, 1.165) is 0 Å². The van der Waals surface area contributed by atoms with E-state index in [9.17, 15) is 5.11 Å². The highest BCUT2D eigenvalue weighted by Gasteiger charge is 2.11. The summed E-state index contributed by atoms with van der Waals surface area (Å²) in [7, 11) is 0. The molecule has 1 heterocycles. The van der Waals surface area contributed by atoms with Crippen LogP contribution in [0.25, 0.3) is 0 Å². The van der Waals surface area contributed by atoms with Gasteiger partial charge in [0.05, 0.1) is 6.61 Å². The number of para-hydroxylation sites is 2. The molecule has 1 aromatic heterocycles. The third kappa shape index (κ3) is 2.81. The molecule has 94 valence electrons. The smallest absolute Gasteiger partial charge is 0.281 e. The van der Waals surface area contributed by atoms with Crippen LogP contribution in [0.2, 0.25) is 5.15 Å². The summed E-state index contributed by atoms with van der Waals surface area (Å²) in [5.41, 5.74) is 0. The largest absolute Gasteiger partial charge is 0.503 e. The lowest BCUT2D eigenvalue weighted by Crippen LogP contribution is -1.96. The summed E-state index contributed by atoms with van der Waals surface area (Å²) in [5.74, 6) is 0.815. The minimum Gasteiger partial charge on any atom is -0.503 e. The molecule has 18 heavy (non-hydrogen) atoms. The van der Waals surface area contributed by atoms with Gasteiger partial charge < -0.3 is 14.6 Å². The van der Waals surface area contributed by atoms with Crippen molar-refractivity contribution >= 4 is 11.6 Å². The highest BCUT2D eigenvalue weighted by Crippen LogP contribution is 2.34. The Morgan fingerprint density at radius 1 is 1.22 bits per heavy atom. The Morgan fingerprint density at radius 3 is 2.61 bits per heavy atom. The first-order valence-corrected chi connectivity index (χ1v) is 5.70. The van der Waals surface area contributed by atoms with E-state index in [2.05, 4.69) is 10.2 Å². The monoisotopic (exact) mass is 266 g/mol. The average Bonchev–Trinajstić information content (AvgIpc) is 2.35. The average molecular weight is 267 g/mol. The van der Waals surface area contributed by atoms with Gasteiger partial charge in [-0.25, -0.2) is 0 Å². The molecule has 2 aromatic rings. The van der Waals surface area contributed by atoms with Crippen molar-refractivity contribution in [3.8, 4) is 23.1 Å². The molecule has 0 radical (unpaired) electrons. The summed E-state index contributed by atoms with van der Waals surface area (Å²) >= 11 is 5.59. The van der Waals surface area contributed by atoms with Gasteiger partial charge in [0.2, 0.25) is 0 Å². The van der Waals surface area contributed by atoms with Crippen LogP contribution in [0.15, 0.2) is 30.3 Å². The molecule has 0 fully saturated rings. The third-order valence-corrected chi connectivity index (χ3v) is 2.25. The molecule has 0 unspecified atom stereocenters. The standard InChI is InChI=1S/C12H11ClN2O3/c1-2-17-9-5-3-4-6-10(9)18-12-8(16)7-11(13)14-15-12/h3-7H,2H2,1H3,(H,14,16). The maximum atomic E-state index is 9.62. The number of hydrogen-bond acceptors (Lipinski definition) is 5. The molecule has 2 rings (SSSR count). The topological polar surface area (TPSA) is 64.5 Å². The van der Waals surface area contributed by atoms with Crippen molar-refractivity contribution in [1.82, 2.24) is 10.2 Å². The Bertz CT molecular complexity index is 549. The van der Waals surface area contributed by atoms with Crippen LogP contribution in [0.3, 0.4) is 0 Å². The molecule has 6 heteroatoms. The molecule has 0 saturated heterocycles. The zero-order chi connectivity index (χ0) is 13.0. The Balaban J connectivity index is 2.28. The molecule has 0 bridgehead atoms. The number of nitrogens with zero attached hydrogens (tertiary/aromatic N) is 2. The quantitative estimate of drug-likeness (QED) is 0.921. The fourth-order valence-corrected chi connectivity index (χ4v) is 1.48. The van der Waals surface area contributed by atoms with Gasteiger partial charge in [-0.3, -0.25) is 0 Å². The summed E-state index contributed by atoms with van der Waals surface area (Å²) < 4.78 is 10.8. The van der Waals surface area contributed by atoms with E-state index in [1.165, 1.54) is 6.07 Å². The molecule has 0 aliphatic heterocycles. The van der Waals surface area contributed by atoms with Gasteiger partial charge >= 0.3 is 0 Å². The van der Waals surface area contributed by atoms with E-state index >= 15 is 0 Å². The number of benzene rings is 1. The predicted octanol–water partition coefficient (Wildman–Crippen LogP) is 3.03. The van der Waals surface area contributed by atoms with Crippen molar-refractivity contribution in [3.63, 3.8) is 0 Å². The van der Waals surface area contributed by atoms with Crippen LogP contribution in [0, 0.1) is 0 Å². The molecule has 0 aliphatic carbocycles. The number of hydrogen-bond donors (Lipinski definition) is 1. The van der Waals surface area contributed by atoms with E-state index in [1.54, 1.807) is 18.2 Å². The number of aromatic nitrogens is 2. The molecule has 1 N–H and O–H groups in total. The Kier molecular flexibility index (Phi) is 3.84. The molecular weight excluding hydrogens is 256 g/mol. The molecule has 0 amide bonds. The zero-order valence-corrected chi connectivity index (χ0v) is 10.4. The summed E-state index contributed by atoms with van der Waals surface area (Å²) in [6.07, 6.45) is 0. The molecule has 0 aliphatic rings. The van der Waals surface area contributed by atoms with Crippen molar-refractivity contribution in [2.24, 2.45) is 0 Å². The maximum absolute atomic E-state index is 9.62. The van der Waals surface area contributed by atoms with Crippen LogP contribution in [-0.2, 0) is 0 Å². The zero-order valence-electron chi connectivity index (χ0n) is 9.63. The number of rotatable bonds is 4. The lowest BCUT2D eigenvalue weighted by atomic mass is 10.3. The molecule has 0 saturated carbocycles. The van der Waals surface area contributed by atoms with Crippen molar-refractivity contribution in [2.75, 3.05) is 6.61 Å². The highest BCUT2D eigenvalue weighted by molar-refractivity contribution is 6.29. The first-order valence-electron chi connectivity index (χ1n) is 5.32. The highest BCUT2D eigenvalue weighted by atomic mass is 35.5. The minimum atomic E-state index is -0.179. The Hall–Kier alpha value is -2.01. The van der Waals surface area contributed by atoms with E-state index in [-0.39, 0.29) is 16.8 Å². The van der Waals surface area contributed by atoms with Gasteiger partial charge in [0.15, 0.2) is 22.4 Å². The van der Waals surface area contributed by atoms with Gasteiger partial charge in [0, 0.05) is 6.07 Å². The van der Waals surface area contributed by atoms with Crippen LogP contribution in [-0.4, -0.2) is 21.9 Å². The van der Waals surface area contributed by atoms with Gasteiger partial charge in [-0.15, -0.1) is 10.2 Å². The molecule has 5 nitrogen and oxygen atoms in total. The first kappa shape index (κ1) is 12.4. The fourth-order valence-electron chi connectivity index (χ4n) is 1.33. The normalized spacial score (nSPS) is 10.1. The SMILES string of the molecule is CCOc1ccccc1Oc1nnc(Cl)cc1O. The Morgan fingerprint density at radius 2 is 1.94 bits per heavy atom. The molecule has 0 atom stereocenters. The first-order chi connectivity index (χ1) is 8.70. The van der Waals surface area contributed by atoms with E-state index in [4.69, 9.17) is 21.1 Å². The fraction of sp³-hybridized carbons (Fsp3) is 0.167. The van der Waals surface area contributed by atoms with Gasteiger partial charge in [0.25, 0.3) is 5.88 Å². The second-order valence-electron chi connectivity index (χ2n) is 3.34. The third-order valence-electron chi connectivity index (χ3n) is 2.07. The second kappa shape index (κ2) is 5.55. The summed E-state index contributed by atoms with van der Waals surface area (Å²) in [5, 5.41) is 17.0. The summed E-state index contributed by atoms with van der Waals surface area (Å²) in [4.78, 5) is 0. The molecular formula is C12H11ClN2O3. The molecule has 1 aromatic carbocycles. The van der Waals surface area contributed by atoms with Crippen LogP contribution < -0.4 is 9.47 Å². The van der Waals surface area contributed by atoms with E-state index in [1.807, 2.05) is 13.0 Å². The van der Waals surface area contributed by atoms with Crippen molar-refractivity contribution in [2.45, 2.75) is 6.92 Å². The maximum Gasteiger partial charge on any atom is 0.281 e. The molecule has 0 spiro atoms.